The van der Waals surface area contributed by atoms with Crippen molar-refractivity contribution in [2.24, 2.45) is 0 Å². The highest BCUT2D eigenvalue weighted by Crippen LogP contribution is 2.27. The van der Waals surface area contributed by atoms with Gasteiger partial charge in [0.25, 0.3) is 10.0 Å². The molecule has 2 aromatic carbocycles. The van der Waals surface area contributed by atoms with E-state index in [4.69, 9.17) is 11.6 Å². The third-order valence-corrected chi connectivity index (χ3v) is 5.28. The lowest BCUT2D eigenvalue weighted by Gasteiger charge is -2.23. The zero-order valence-electron chi connectivity index (χ0n) is 11.7. The van der Waals surface area contributed by atoms with Crippen molar-refractivity contribution in [1.29, 1.82) is 0 Å². The Balaban J connectivity index is 2.53. The van der Waals surface area contributed by atoms with Crippen LogP contribution in [0.4, 0.5) is 5.69 Å². The summed E-state index contributed by atoms with van der Waals surface area (Å²) in [7, 11) is -3.64. The molecule has 0 aliphatic carbocycles. The Kier molecular flexibility index (Phi) is 4.70. The monoisotopic (exact) mass is 321 g/mol. The molecule has 21 heavy (non-hydrogen) atoms. The quantitative estimate of drug-likeness (QED) is 0.780. The lowest BCUT2D eigenvalue weighted by atomic mass is 10.2. The van der Waals surface area contributed by atoms with E-state index in [1.165, 1.54) is 4.31 Å². The SMILES string of the molecule is C=CCN(c1ccc(C)c(Cl)c1)S(=O)(=O)c1ccccc1. The minimum Gasteiger partial charge on any atom is -0.262 e. The minimum atomic E-state index is -3.64. The highest BCUT2D eigenvalue weighted by molar-refractivity contribution is 7.92. The van der Waals surface area contributed by atoms with Gasteiger partial charge in [0, 0.05) is 5.02 Å². The molecule has 0 saturated carbocycles. The lowest BCUT2D eigenvalue weighted by Crippen LogP contribution is -2.31. The van der Waals surface area contributed by atoms with E-state index in [1.54, 1.807) is 54.6 Å². The topological polar surface area (TPSA) is 37.4 Å². The van der Waals surface area contributed by atoms with E-state index in [2.05, 4.69) is 6.58 Å². The molecule has 0 aliphatic rings. The van der Waals surface area contributed by atoms with Crippen LogP contribution in [0.1, 0.15) is 5.56 Å². The number of nitrogens with zero attached hydrogens (tertiary/aromatic N) is 1. The van der Waals surface area contributed by atoms with Crippen molar-refractivity contribution >= 4 is 27.3 Å². The molecule has 0 N–H and O–H groups in total. The minimum absolute atomic E-state index is 0.177. The largest absolute Gasteiger partial charge is 0.264 e. The predicted octanol–water partition coefficient (Wildman–Crippen LogP) is 4.03. The Labute approximate surface area is 130 Å². The smallest absolute Gasteiger partial charge is 0.262 e. The summed E-state index contributed by atoms with van der Waals surface area (Å²) >= 11 is 6.11. The Morgan fingerprint density at radius 1 is 1.19 bits per heavy atom. The first kappa shape index (κ1) is 15.6. The molecule has 0 aliphatic heterocycles. The fourth-order valence-corrected chi connectivity index (χ4v) is 3.54. The maximum absolute atomic E-state index is 12.8. The van der Waals surface area contributed by atoms with Gasteiger partial charge in [0.05, 0.1) is 17.1 Å². The molecule has 0 saturated heterocycles. The van der Waals surface area contributed by atoms with Gasteiger partial charge in [-0.3, -0.25) is 4.31 Å². The van der Waals surface area contributed by atoms with Crippen LogP contribution in [0, 0.1) is 6.92 Å². The van der Waals surface area contributed by atoms with Crippen molar-refractivity contribution in [2.75, 3.05) is 10.8 Å². The molecule has 2 rings (SSSR count). The van der Waals surface area contributed by atoms with Crippen molar-refractivity contribution in [2.45, 2.75) is 11.8 Å². The second-order valence-electron chi connectivity index (χ2n) is 4.57. The van der Waals surface area contributed by atoms with E-state index in [1.807, 2.05) is 6.92 Å². The molecule has 0 amide bonds. The lowest BCUT2D eigenvalue weighted by molar-refractivity contribution is 0.593. The molecule has 110 valence electrons. The van der Waals surface area contributed by atoms with E-state index >= 15 is 0 Å². The summed E-state index contributed by atoms with van der Waals surface area (Å²) in [6.07, 6.45) is 1.55. The van der Waals surface area contributed by atoms with Gasteiger partial charge >= 0.3 is 0 Å². The Bertz CT molecular complexity index is 742. The van der Waals surface area contributed by atoms with Crippen molar-refractivity contribution < 1.29 is 8.42 Å². The van der Waals surface area contributed by atoms with Gasteiger partial charge in [0.1, 0.15) is 0 Å². The van der Waals surface area contributed by atoms with Gasteiger partial charge < -0.3 is 0 Å². The van der Waals surface area contributed by atoms with E-state index < -0.39 is 10.0 Å². The third kappa shape index (κ3) is 3.28. The number of aryl methyl sites for hydroxylation is 1. The summed E-state index contributed by atoms with van der Waals surface area (Å²) in [5.74, 6) is 0. The number of hydrogen-bond acceptors (Lipinski definition) is 2. The first-order chi connectivity index (χ1) is 9.96. The Morgan fingerprint density at radius 3 is 2.43 bits per heavy atom. The van der Waals surface area contributed by atoms with Crippen LogP contribution < -0.4 is 4.31 Å². The number of anilines is 1. The van der Waals surface area contributed by atoms with E-state index in [0.717, 1.165) is 5.56 Å². The summed E-state index contributed by atoms with van der Waals surface area (Å²) in [4.78, 5) is 0.239. The van der Waals surface area contributed by atoms with Gasteiger partial charge in [-0.15, -0.1) is 6.58 Å². The average molecular weight is 322 g/mol. The Hall–Kier alpha value is -1.78. The molecule has 0 radical (unpaired) electrons. The number of halogens is 1. The fourth-order valence-electron chi connectivity index (χ4n) is 1.92. The standard InChI is InChI=1S/C16H16ClNO2S/c1-3-11-18(14-10-9-13(2)16(17)12-14)21(19,20)15-7-5-4-6-8-15/h3-10,12H,1,11H2,2H3. The summed E-state index contributed by atoms with van der Waals surface area (Å²) in [5.41, 5.74) is 1.42. The first-order valence-electron chi connectivity index (χ1n) is 6.41. The maximum Gasteiger partial charge on any atom is 0.264 e. The average Bonchev–Trinajstić information content (AvgIpc) is 2.48. The number of rotatable bonds is 5. The highest BCUT2D eigenvalue weighted by atomic mass is 35.5. The molecule has 5 heteroatoms. The molecule has 3 nitrogen and oxygen atoms in total. The number of hydrogen-bond donors (Lipinski definition) is 0. The first-order valence-corrected chi connectivity index (χ1v) is 8.23. The predicted molar refractivity (Wildman–Crippen MR) is 87.4 cm³/mol. The third-order valence-electron chi connectivity index (χ3n) is 3.07. The molecular weight excluding hydrogens is 306 g/mol. The molecule has 0 atom stereocenters. The molecular formula is C16H16ClNO2S. The van der Waals surface area contributed by atoms with Crippen LogP contribution in [0.5, 0.6) is 0 Å². The van der Waals surface area contributed by atoms with Gasteiger partial charge in [0.2, 0.25) is 0 Å². The number of sulfonamides is 1. The van der Waals surface area contributed by atoms with Crippen molar-refractivity contribution in [3.63, 3.8) is 0 Å². The van der Waals surface area contributed by atoms with Gasteiger partial charge in [-0.1, -0.05) is 41.9 Å². The summed E-state index contributed by atoms with van der Waals surface area (Å²) in [6.45, 7) is 5.68. The van der Waals surface area contributed by atoms with Crippen LogP contribution in [0.15, 0.2) is 66.1 Å². The molecule has 0 bridgehead atoms. The van der Waals surface area contributed by atoms with Crippen LogP contribution >= 0.6 is 11.6 Å². The van der Waals surface area contributed by atoms with Gasteiger partial charge in [0.15, 0.2) is 0 Å². The van der Waals surface area contributed by atoms with E-state index in [-0.39, 0.29) is 11.4 Å². The highest BCUT2D eigenvalue weighted by Gasteiger charge is 2.24. The zero-order chi connectivity index (χ0) is 15.5. The molecule has 0 unspecified atom stereocenters. The second kappa shape index (κ2) is 6.33. The van der Waals surface area contributed by atoms with Crippen molar-refractivity contribution in [3.05, 3.63) is 71.8 Å². The van der Waals surface area contributed by atoms with Crippen molar-refractivity contribution in [3.8, 4) is 0 Å². The van der Waals surface area contributed by atoms with Gasteiger partial charge in [-0.2, -0.15) is 0 Å². The van der Waals surface area contributed by atoms with Crippen LogP contribution in [0.2, 0.25) is 5.02 Å². The van der Waals surface area contributed by atoms with Crippen LogP contribution in [0.25, 0.3) is 0 Å². The summed E-state index contributed by atoms with van der Waals surface area (Å²) in [6, 6.07) is 13.5. The zero-order valence-corrected chi connectivity index (χ0v) is 13.2. The van der Waals surface area contributed by atoms with Gasteiger partial charge in [-0.05, 0) is 36.8 Å². The molecule has 0 spiro atoms. The molecule has 0 aromatic heterocycles. The van der Waals surface area contributed by atoms with Crippen LogP contribution in [-0.4, -0.2) is 15.0 Å². The van der Waals surface area contributed by atoms with Crippen molar-refractivity contribution in [1.82, 2.24) is 0 Å². The van der Waals surface area contributed by atoms with Crippen LogP contribution in [-0.2, 0) is 10.0 Å². The Morgan fingerprint density at radius 2 is 1.86 bits per heavy atom. The molecule has 2 aromatic rings. The fraction of sp³-hybridized carbons (Fsp3) is 0.125. The summed E-state index contributed by atoms with van der Waals surface area (Å²) in [5, 5.41) is 0.532. The van der Waals surface area contributed by atoms with Crippen LogP contribution in [0.3, 0.4) is 0 Å². The van der Waals surface area contributed by atoms with E-state index in [9.17, 15) is 8.42 Å². The second-order valence-corrected chi connectivity index (χ2v) is 6.84. The van der Waals surface area contributed by atoms with Gasteiger partial charge in [-0.25, -0.2) is 8.42 Å². The molecule has 0 fully saturated rings. The summed E-state index contributed by atoms with van der Waals surface area (Å²) < 4.78 is 26.8. The molecule has 0 heterocycles. The maximum atomic E-state index is 12.8. The normalized spacial score (nSPS) is 11.1. The number of benzene rings is 2. The van der Waals surface area contributed by atoms with E-state index in [0.29, 0.717) is 10.7 Å².